The molecule has 1 fully saturated rings. The van der Waals surface area contributed by atoms with Crippen molar-refractivity contribution in [2.24, 2.45) is 5.92 Å². The lowest BCUT2D eigenvalue weighted by atomic mass is 9.80. The van der Waals surface area contributed by atoms with E-state index in [1.165, 1.54) is 0 Å². The molecule has 1 aromatic rings. The van der Waals surface area contributed by atoms with Gasteiger partial charge in [-0.2, -0.15) is 0 Å². The van der Waals surface area contributed by atoms with E-state index in [1.807, 2.05) is 24.3 Å². The highest BCUT2D eigenvalue weighted by molar-refractivity contribution is 5.99. The fourth-order valence-corrected chi connectivity index (χ4v) is 3.88. The molecule has 0 amide bonds. The molecule has 0 spiro atoms. The molecule has 1 saturated carbocycles. The van der Waals surface area contributed by atoms with Crippen LogP contribution in [-0.4, -0.2) is 30.7 Å². The van der Waals surface area contributed by atoms with Crippen LogP contribution < -0.4 is 4.74 Å². The molecule has 0 unspecified atom stereocenters. The zero-order valence-corrected chi connectivity index (χ0v) is 14.8. The summed E-state index contributed by atoms with van der Waals surface area (Å²) in [5.41, 5.74) is 3.98. The summed E-state index contributed by atoms with van der Waals surface area (Å²) in [5, 5.41) is 10.3. The molecular formula is C21H26O4. The van der Waals surface area contributed by atoms with Gasteiger partial charge in [0.05, 0.1) is 19.8 Å². The van der Waals surface area contributed by atoms with E-state index >= 15 is 0 Å². The van der Waals surface area contributed by atoms with Crippen LogP contribution in [0.4, 0.5) is 0 Å². The second kappa shape index (κ2) is 7.98. The molecule has 0 radical (unpaired) electrons. The molecule has 4 heteroatoms. The Balaban J connectivity index is 1.48. The van der Waals surface area contributed by atoms with E-state index < -0.39 is 6.10 Å². The minimum absolute atomic E-state index is 0.180. The van der Waals surface area contributed by atoms with E-state index in [0.717, 1.165) is 40.9 Å². The molecule has 3 rings (SSSR count). The average Bonchev–Trinajstić information content (AvgIpc) is 2.90. The van der Waals surface area contributed by atoms with E-state index in [9.17, 15) is 9.90 Å². The summed E-state index contributed by atoms with van der Waals surface area (Å²) in [6.07, 6.45) is 2.94. The third kappa shape index (κ3) is 4.20. The van der Waals surface area contributed by atoms with Gasteiger partial charge in [-0.05, 0) is 60.4 Å². The van der Waals surface area contributed by atoms with Gasteiger partial charge in [0.15, 0.2) is 5.78 Å². The lowest BCUT2D eigenvalue weighted by Crippen LogP contribution is -2.23. The number of carbonyl (C=O) groups excluding carboxylic acids is 1. The van der Waals surface area contributed by atoms with Crippen molar-refractivity contribution in [1.29, 1.82) is 0 Å². The molecule has 1 N–H and O–H groups in total. The Labute approximate surface area is 149 Å². The van der Waals surface area contributed by atoms with E-state index in [4.69, 9.17) is 9.47 Å². The van der Waals surface area contributed by atoms with E-state index in [2.05, 4.69) is 6.58 Å². The predicted octanol–water partition coefficient (Wildman–Crippen LogP) is 3.59. The average molecular weight is 342 g/mol. The van der Waals surface area contributed by atoms with Crippen molar-refractivity contribution >= 4 is 5.78 Å². The van der Waals surface area contributed by atoms with Crippen LogP contribution in [-0.2, 0) is 16.1 Å². The Morgan fingerprint density at radius 3 is 2.68 bits per heavy atom. The Morgan fingerprint density at radius 2 is 1.96 bits per heavy atom. The van der Waals surface area contributed by atoms with Gasteiger partial charge in [-0.3, -0.25) is 4.79 Å². The molecule has 0 saturated heterocycles. The summed E-state index contributed by atoms with van der Waals surface area (Å²) in [4.78, 5) is 12.3. The highest BCUT2D eigenvalue weighted by atomic mass is 16.5. The second-order valence-corrected chi connectivity index (χ2v) is 6.94. The zero-order valence-electron chi connectivity index (χ0n) is 14.8. The molecule has 4 nitrogen and oxygen atoms in total. The number of rotatable bonds is 7. The first-order chi connectivity index (χ1) is 12.1. The molecule has 134 valence electrons. The maximum Gasteiger partial charge on any atom is 0.159 e. The van der Waals surface area contributed by atoms with Gasteiger partial charge in [-0.15, -0.1) is 0 Å². The number of benzene rings is 1. The normalized spacial score (nSPS) is 23.1. The summed E-state index contributed by atoms with van der Waals surface area (Å²) in [7, 11) is 1.65. The van der Waals surface area contributed by atoms with Gasteiger partial charge in [0.2, 0.25) is 0 Å². The molecule has 0 aromatic heterocycles. The lowest BCUT2D eigenvalue weighted by molar-refractivity contribution is -0.115. The molecule has 25 heavy (non-hydrogen) atoms. The third-order valence-electron chi connectivity index (χ3n) is 5.08. The standard InChI is InChI=1S/C21H26O4/c1-14-10-16-12-19(22)18(21(16)20(23)11-14)4-3-9-25-13-15-5-7-17(24-2)8-6-15/h5-8,16,20,23H,1,3-4,9-13H2,2H3/t16-,20+/m0/s1. The van der Waals surface area contributed by atoms with Gasteiger partial charge < -0.3 is 14.6 Å². The molecule has 0 aliphatic heterocycles. The second-order valence-electron chi connectivity index (χ2n) is 6.94. The summed E-state index contributed by atoms with van der Waals surface area (Å²) < 4.78 is 10.9. The Kier molecular flexibility index (Phi) is 5.71. The largest absolute Gasteiger partial charge is 0.497 e. The molecule has 2 aliphatic carbocycles. The Bertz CT molecular complexity index is 672. The number of hydrogen-bond donors (Lipinski definition) is 1. The van der Waals surface area contributed by atoms with Gasteiger partial charge in [0.25, 0.3) is 0 Å². The van der Waals surface area contributed by atoms with Gasteiger partial charge >= 0.3 is 0 Å². The molecular weight excluding hydrogens is 316 g/mol. The highest BCUT2D eigenvalue weighted by Gasteiger charge is 2.38. The molecule has 0 heterocycles. The van der Waals surface area contributed by atoms with E-state index in [-0.39, 0.29) is 11.7 Å². The number of aliphatic hydroxyl groups is 1. The van der Waals surface area contributed by atoms with Crippen molar-refractivity contribution in [2.75, 3.05) is 13.7 Å². The summed E-state index contributed by atoms with van der Waals surface area (Å²) in [6.45, 7) is 5.13. The lowest BCUT2D eigenvalue weighted by Gasteiger charge is -2.27. The highest BCUT2D eigenvalue weighted by Crippen LogP contribution is 2.43. The topological polar surface area (TPSA) is 55.8 Å². The minimum Gasteiger partial charge on any atom is -0.497 e. The zero-order chi connectivity index (χ0) is 17.8. The van der Waals surface area contributed by atoms with Crippen molar-refractivity contribution in [3.8, 4) is 5.75 Å². The predicted molar refractivity (Wildman–Crippen MR) is 96.4 cm³/mol. The molecule has 2 atom stereocenters. The van der Waals surface area contributed by atoms with Gasteiger partial charge in [0.1, 0.15) is 5.75 Å². The van der Waals surface area contributed by atoms with Crippen LogP contribution in [0.3, 0.4) is 0 Å². The molecule has 2 aliphatic rings. The monoisotopic (exact) mass is 342 g/mol. The molecule has 0 bridgehead atoms. The van der Waals surface area contributed by atoms with Crippen LogP contribution in [0.15, 0.2) is 47.6 Å². The van der Waals surface area contributed by atoms with Crippen molar-refractivity contribution in [3.05, 3.63) is 53.1 Å². The maximum absolute atomic E-state index is 12.3. The number of hydrogen-bond acceptors (Lipinski definition) is 4. The van der Waals surface area contributed by atoms with Crippen LogP contribution in [0.5, 0.6) is 5.75 Å². The van der Waals surface area contributed by atoms with Crippen LogP contribution in [0.1, 0.15) is 37.7 Å². The van der Waals surface area contributed by atoms with E-state index in [1.54, 1.807) is 7.11 Å². The van der Waals surface area contributed by atoms with Crippen LogP contribution >= 0.6 is 0 Å². The van der Waals surface area contributed by atoms with Crippen molar-refractivity contribution in [2.45, 2.75) is 44.8 Å². The number of aliphatic hydroxyl groups excluding tert-OH is 1. The number of fused-ring (bicyclic) bond motifs is 1. The van der Waals surface area contributed by atoms with Gasteiger partial charge in [-0.1, -0.05) is 24.3 Å². The van der Waals surface area contributed by atoms with Crippen LogP contribution in [0.25, 0.3) is 0 Å². The molecule has 1 aromatic carbocycles. The summed E-state index contributed by atoms with van der Waals surface area (Å²) in [5.74, 6) is 1.21. The first-order valence-corrected chi connectivity index (χ1v) is 8.90. The fourth-order valence-electron chi connectivity index (χ4n) is 3.88. The number of ether oxygens (including phenoxy) is 2. The van der Waals surface area contributed by atoms with Crippen LogP contribution in [0, 0.1) is 5.92 Å². The van der Waals surface area contributed by atoms with Crippen molar-refractivity contribution in [3.63, 3.8) is 0 Å². The SMILES string of the molecule is C=C1C[C@H]2CC(=O)C(CCCOCc3ccc(OC)cc3)=C2[C@H](O)C1. The minimum atomic E-state index is -0.520. The number of ketones is 1. The van der Waals surface area contributed by atoms with Gasteiger partial charge in [-0.25, -0.2) is 0 Å². The first-order valence-electron chi connectivity index (χ1n) is 8.90. The quantitative estimate of drug-likeness (QED) is 0.608. The number of methoxy groups -OCH3 is 1. The van der Waals surface area contributed by atoms with Gasteiger partial charge in [0, 0.05) is 13.0 Å². The number of Topliss-reactive ketones (excluding diaryl/α,β-unsaturated/α-hetero) is 1. The first kappa shape index (κ1) is 17.9. The Hall–Kier alpha value is -1.91. The summed E-state index contributed by atoms with van der Waals surface area (Å²) >= 11 is 0. The van der Waals surface area contributed by atoms with Crippen LogP contribution in [0.2, 0.25) is 0 Å². The van der Waals surface area contributed by atoms with Crippen molar-refractivity contribution in [1.82, 2.24) is 0 Å². The maximum atomic E-state index is 12.3. The number of carbonyl (C=O) groups is 1. The summed E-state index contributed by atoms with van der Waals surface area (Å²) in [6, 6.07) is 7.81. The Morgan fingerprint density at radius 1 is 1.20 bits per heavy atom. The fraction of sp³-hybridized carbons (Fsp3) is 0.476. The van der Waals surface area contributed by atoms with E-state index in [0.29, 0.717) is 32.5 Å². The third-order valence-corrected chi connectivity index (χ3v) is 5.08. The van der Waals surface area contributed by atoms with Crippen molar-refractivity contribution < 1.29 is 19.4 Å². The number of allylic oxidation sites excluding steroid dienone is 1. The smallest absolute Gasteiger partial charge is 0.159 e.